The maximum absolute atomic E-state index is 11.4. The molecule has 1 aromatic heterocycles. The van der Waals surface area contributed by atoms with Gasteiger partial charge in [-0.1, -0.05) is 0 Å². The van der Waals surface area contributed by atoms with Crippen LogP contribution in [0.4, 0.5) is 0 Å². The third-order valence-electron chi connectivity index (χ3n) is 2.91. The van der Waals surface area contributed by atoms with Gasteiger partial charge in [-0.15, -0.1) is 0 Å². The molecule has 92 valence electrons. The number of nitrogens with one attached hydrogen (secondary N) is 1. The van der Waals surface area contributed by atoms with Gasteiger partial charge in [0, 0.05) is 12.1 Å². The first-order chi connectivity index (χ1) is 8.31. The van der Waals surface area contributed by atoms with E-state index in [0.717, 1.165) is 31.6 Å². The number of esters is 1. The average Bonchev–Trinajstić information content (AvgIpc) is 2.40. The highest BCUT2D eigenvalue weighted by Gasteiger charge is 2.17. The fraction of sp³-hybridized carbons (Fsp3) is 0.583. The van der Waals surface area contributed by atoms with E-state index in [1.54, 1.807) is 13.1 Å². The van der Waals surface area contributed by atoms with Gasteiger partial charge in [0.2, 0.25) is 0 Å². The summed E-state index contributed by atoms with van der Waals surface area (Å²) in [5.74, 6) is 0.0526. The average molecular weight is 235 g/mol. The highest BCUT2D eigenvalue weighted by atomic mass is 16.5. The number of piperidine rings is 1. The molecule has 0 bridgehead atoms. The van der Waals surface area contributed by atoms with E-state index < -0.39 is 5.97 Å². The molecule has 1 N–H and O–H groups in total. The van der Waals surface area contributed by atoms with Gasteiger partial charge >= 0.3 is 5.97 Å². The number of hydrogen-bond donors (Lipinski definition) is 1. The number of hydrogen-bond acceptors (Lipinski definition) is 5. The van der Waals surface area contributed by atoms with Crippen LogP contribution in [-0.4, -0.2) is 35.6 Å². The Hall–Kier alpha value is -1.49. The molecule has 0 aromatic carbocycles. The lowest BCUT2D eigenvalue weighted by Gasteiger charge is -2.21. The molecule has 0 saturated carbocycles. The molecule has 0 atom stereocenters. The molecule has 1 fully saturated rings. The minimum Gasteiger partial charge on any atom is -0.461 e. The van der Waals surface area contributed by atoms with E-state index in [9.17, 15) is 4.79 Å². The van der Waals surface area contributed by atoms with E-state index >= 15 is 0 Å². The van der Waals surface area contributed by atoms with Crippen LogP contribution in [0.3, 0.4) is 0 Å². The summed E-state index contributed by atoms with van der Waals surface area (Å²) in [7, 11) is 0. The summed E-state index contributed by atoms with van der Waals surface area (Å²) >= 11 is 0. The van der Waals surface area contributed by atoms with E-state index in [1.165, 1.54) is 6.20 Å². The minimum absolute atomic E-state index is 0.282. The van der Waals surface area contributed by atoms with Crippen molar-refractivity contribution in [2.75, 3.05) is 19.7 Å². The number of rotatable bonds is 3. The van der Waals surface area contributed by atoms with Crippen molar-refractivity contribution in [1.29, 1.82) is 0 Å². The zero-order chi connectivity index (χ0) is 12.1. The Kier molecular flexibility index (Phi) is 4.03. The molecule has 5 heteroatoms. The van der Waals surface area contributed by atoms with E-state index in [-0.39, 0.29) is 5.69 Å². The highest BCUT2D eigenvalue weighted by molar-refractivity contribution is 5.86. The molecule has 0 radical (unpaired) electrons. The van der Waals surface area contributed by atoms with Crippen LogP contribution in [0, 0.1) is 0 Å². The normalized spacial score (nSPS) is 16.8. The van der Waals surface area contributed by atoms with Gasteiger partial charge in [0.25, 0.3) is 0 Å². The predicted octanol–water partition coefficient (Wildman–Crippen LogP) is 1.12. The summed E-state index contributed by atoms with van der Waals surface area (Å²) in [4.78, 5) is 19.8. The summed E-state index contributed by atoms with van der Waals surface area (Å²) in [6, 6.07) is 0. The van der Waals surface area contributed by atoms with Crippen molar-refractivity contribution >= 4 is 5.97 Å². The molecule has 1 aromatic rings. The second-order valence-corrected chi connectivity index (χ2v) is 4.07. The van der Waals surface area contributed by atoms with Gasteiger partial charge in [0.1, 0.15) is 0 Å². The first-order valence-corrected chi connectivity index (χ1v) is 6.01. The van der Waals surface area contributed by atoms with Crippen LogP contribution in [0.2, 0.25) is 0 Å². The van der Waals surface area contributed by atoms with E-state index in [1.807, 2.05) is 0 Å². The van der Waals surface area contributed by atoms with Gasteiger partial charge in [0.05, 0.1) is 18.5 Å². The Morgan fingerprint density at radius 2 is 2.18 bits per heavy atom. The summed E-state index contributed by atoms with van der Waals surface area (Å²) in [5.41, 5.74) is 1.25. The molecule has 2 heterocycles. The lowest BCUT2D eigenvalue weighted by atomic mass is 9.95. The Labute approximate surface area is 101 Å². The molecule has 0 unspecified atom stereocenters. The third-order valence-corrected chi connectivity index (χ3v) is 2.91. The zero-order valence-corrected chi connectivity index (χ0v) is 9.98. The van der Waals surface area contributed by atoms with Crippen molar-refractivity contribution in [3.05, 3.63) is 23.8 Å². The predicted molar refractivity (Wildman–Crippen MR) is 62.8 cm³/mol. The van der Waals surface area contributed by atoms with Gasteiger partial charge in [-0.25, -0.2) is 9.78 Å². The summed E-state index contributed by atoms with van der Waals surface area (Å²) in [6.45, 7) is 4.17. The summed E-state index contributed by atoms with van der Waals surface area (Å²) < 4.78 is 4.86. The molecule has 1 aliphatic rings. The van der Waals surface area contributed by atoms with Crippen LogP contribution in [0.5, 0.6) is 0 Å². The van der Waals surface area contributed by atoms with Crippen molar-refractivity contribution < 1.29 is 9.53 Å². The standard InChI is InChI=1S/C12H17N3O2/c1-2-17-12(16)11-8-14-10(7-15-11)9-3-5-13-6-4-9/h7-9,13H,2-6H2,1H3. The van der Waals surface area contributed by atoms with Crippen molar-refractivity contribution in [3.8, 4) is 0 Å². The Bertz CT molecular complexity index is 372. The fourth-order valence-electron chi connectivity index (χ4n) is 1.98. The Morgan fingerprint density at radius 1 is 1.41 bits per heavy atom. The van der Waals surface area contributed by atoms with E-state index in [4.69, 9.17) is 4.74 Å². The van der Waals surface area contributed by atoms with Crippen LogP contribution < -0.4 is 5.32 Å². The highest BCUT2D eigenvalue weighted by Crippen LogP contribution is 2.22. The van der Waals surface area contributed by atoms with Gasteiger partial charge in [-0.2, -0.15) is 0 Å². The van der Waals surface area contributed by atoms with Gasteiger partial charge < -0.3 is 10.1 Å². The van der Waals surface area contributed by atoms with Crippen LogP contribution in [-0.2, 0) is 4.74 Å². The van der Waals surface area contributed by atoms with Crippen LogP contribution in [0.25, 0.3) is 0 Å². The quantitative estimate of drug-likeness (QED) is 0.795. The van der Waals surface area contributed by atoms with Crippen molar-refractivity contribution in [1.82, 2.24) is 15.3 Å². The second-order valence-electron chi connectivity index (χ2n) is 4.07. The minimum atomic E-state index is -0.406. The van der Waals surface area contributed by atoms with Crippen LogP contribution >= 0.6 is 0 Å². The zero-order valence-electron chi connectivity index (χ0n) is 9.98. The monoisotopic (exact) mass is 235 g/mol. The first kappa shape index (κ1) is 12.0. The fourth-order valence-corrected chi connectivity index (χ4v) is 1.98. The molecule has 5 nitrogen and oxygen atoms in total. The summed E-state index contributed by atoms with van der Waals surface area (Å²) in [6.07, 6.45) is 5.36. The Balaban J connectivity index is 2.04. The molecule has 0 aliphatic carbocycles. The SMILES string of the molecule is CCOC(=O)c1cnc(C2CCNCC2)cn1. The molecule has 1 aliphatic heterocycles. The number of nitrogens with zero attached hydrogens (tertiary/aromatic N) is 2. The maximum atomic E-state index is 11.4. The van der Waals surface area contributed by atoms with Crippen LogP contribution in [0.15, 0.2) is 12.4 Å². The number of carbonyl (C=O) groups is 1. The summed E-state index contributed by atoms with van der Waals surface area (Å²) in [5, 5.41) is 3.31. The van der Waals surface area contributed by atoms with Crippen molar-refractivity contribution in [2.24, 2.45) is 0 Å². The van der Waals surface area contributed by atoms with Gasteiger partial charge in [0.15, 0.2) is 5.69 Å². The Morgan fingerprint density at radius 3 is 2.76 bits per heavy atom. The molecular weight excluding hydrogens is 218 g/mol. The second kappa shape index (κ2) is 5.72. The molecule has 0 amide bonds. The van der Waals surface area contributed by atoms with E-state index in [2.05, 4.69) is 15.3 Å². The molecular formula is C12H17N3O2. The maximum Gasteiger partial charge on any atom is 0.358 e. The van der Waals surface area contributed by atoms with Crippen LogP contribution in [0.1, 0.15) is 41.9 Å². The molecule has 2 rings (SSSR count). The number of aromatic nitrogens is 2. The molecule has 1 saturated heterocycles. The molecule has 17 heavy (non-hydrogen) atoms. The van der Waals surface area contributed by atoms with Crippen molar-refractivity contribution in [3.63, 3.8) is 0 Å². The van der Waals surface area contributed by atoms with Gasteiger partial charge in [-0.3, -0.25) is 4.98 Å². The largest absolute Gasteiger partial charge is 0.461 e. The third kappa shape index (κ3) is 3.00. The van der Waals surface area contributed by atoms with Crippen molar-refractivity contribution in [2.45, 2.75) is 25.7 Å². The lowest BCUT2D eigenvalue weighted by molar-refractivity contribution is 0.0519. The lowest BCUT2D eigenvalue weighted by Crippen LogP contribution is -2.27. The topological polar surface area (TPSA) is 64.1 Å². The number of ether oxygens (including phenoxy) is 1. The van der Waals surface area contributed by atoms with E-state index in [0.29, 0.717) is 12.5 Å². The molecule has 0 spiro atoms. The number of carbonyl (C=O) groups excluding carboxylic acids is 1. The first-order valence-electron chi connectivity index (χ1n) is 6.01. The smallest absolute Gasteiger partial charge is 0.358 e. The van der Waals surface area contributed by atoms with Gasteiger partial charge in [-0.05, 0) is 32.9 Å².